The summed E-state index contributed by atoms with van der Waals surface area (Å²) in [5.41, 5.74) is 2.39. The van der Waals surface area contributed by atoms with Crippen molar-refractivity contribution in [3.63, 3.8) is 0 Å². The highest BCUT2D eigenvalue weighted by Crippen LogP contribution is 2.31. The molecular weight excluding hydrogens is 402 g/mol. The number of fused-ring (bicyclic) bond motifs is 1. The molecule has 0 spiro atoms. The minimum atomic E-state index is 0.380. The van der Waals surface area contributed by atoms with Gasteiger partial charge in [-0.2, -0.15) is 0 Å². The average Bonchev–Trinajstić information content (AvgIpc) is 3.26. The van der Waals surface area contributed by atoms with Crippen LogP contribution in [0.4, 0.5) is 5.13 Å². The van der Waals surface area contributed by atoms with Crippen LogP contribution in [0.1, 0.15) is 5.56 Å². The molecule has 1 atom stereocenters. The highest BCUT2D eigenvalue weighted by molar-refractivity contribution is 7.18. The topological polar surface area (TPSA) is 53.9 Å². The van der Waals surface area contributed by atoms with Crippen molar-refractivity contribution in [2.24, 2.45) is 0 Å². The van der Waals surface area contributed by atoms with Gasteiger partial charge in [0.05, 0.1) is 0 Å². The van der Waals surface area contributed by atoms with Crippen molar-refractivity contribution in [3.8, 4) is 10.6 Å². The van der Waals surface area contributed by atoms with Crippen LogP contribution in [0.5, 0.6) is 0 Å². The van der Waals surface area contributed by atoms with Gasteiger partial charge in [-0.25, -0.2) is 0 Å². The van der Waals surface area contributed by atoms with Crippen molar-refractivity contribution >= 4 is 38.8 Å². The lowest BCUT2D eigenvalue weighted by molar-refractivity contribution is 0.454. The zero-order valence-electron chi connectivity index (χ0n) is 15.8. The number of hydrogen-bond donors (Lipinski definition) is 1. The normalized spacial score (nSPS) is 17.0. The van der Waals surface area contributed by atoms with Gasteiger partial charge in [0.15, 0.2) is 0 Å². The second-order valence-electron chi connectivity index (χ2n) is 7.26. The third kappa shape index (κ3) is 4.10. The van der Waals surface area contributed by atoms with Gasteiger partial charge in [0.25, 0.3) is 0 Å². The first kappa shape index (κ1) is 18.5. The van der Waals surface area contributed by atoms with E-state index in [0.717, 1.165) is 52.2 Å². The van der Waals surface area contributed by atoms with E-state index in [-0.39, 0.29) is 0 Å². The maximum absolute atomic E-state index is 6.00. The molecule has 0 unspecified atom stereocenters. The van der Waals surface area contributed by atoms with Crippen molar-refractivity contribution in [1.82, 2.24) is 20.5 Å². The first-order valence-electron chi connectivity index (χ1n) is 9.65. The molecule has 146 valence electrons. The molecule has 29 heavy (non-hydrogen) atoms. The van der Waals surface area contributed by atoms with E-state index in [9.17, 15) is 0 Å². The fourth-order valence-corrected chi connectivity index (χ4v) is 4.72. The number of aromatic nitrogens is 3. The molecule has 2 aromatic carbocycles. The van der Waals surface area contributed by atoms with Crippen LogP contribution < -0.4 is 10.2 Å². The molecule has 0 aliphatic carbocycles. The molecule has 1 fully saturated rings. The van der Waals surface area contributed by atoms with E-state index in [1.54, 1.807) is 11.3 Å². The number of benzene rings is 2. The smallest absolute Gasteiger partial charge is 0.208 e. The molecule has 4 aromatic rings. The Balaban J connectivity index is 1.32. The Morgan fingerprint density at radius 2 is 1.97 bits per heavy atom. The molecule has 0 radical (unpaired) electrons. The summed E-state index contributed by atoms with van der Waals surface area (Å²) in [6, 6.07) is 16.8. The fraction of sp³-hybridized carbons (Fsp3) is 0.227. The van der Waals surface area contributed by atoms with Gasteiger partial charge in [-0.1, -0.05) is 47.2 Å². The summed E-state index contributed by atoms with van der Waals surface area (Å²) in [6.07, 6.45) is 4.67. The Morgan fingerprint density at radius 1 is 1.07 bits per heavy atom. The van der Waals surface area contributed by atoms with Crippen LogP contribution in [0.25, 0.3) is 21.3 Å². The van der Waals surface area contributed by atoms with E-state index >= 15 is 0 Å². The van der Waals surface area contributed by atoms with Crippen LogP contribution in [-0.2, 0) is 6.42 Å². The number of piperazine rings is 1. The Labute approximate surface area is 178 Å². The number of hydrogen-bond acceptors (Lipinski definition) is 6. The summed E-state index contributed by atoms with van der Waals surface area (Å²) < 4.78 is 0. The highest BCUT2D eigenvalue weighted by Gasteiger charge is 2.22. The van der Waals surface area contributed by atoms with Gasteiger partial charge < -0.3 is 10.2 Å². The van der Waals surface area contributed by atoms with E-state index in [1.807, 2.05) is 30.6 Å². The Bertz CT molecular complexity index is 1130. The predicted molar refractivity (Wildman–Crippen MR) is 120 cm³/mol. The van der Waals surface area contributed by atoms with E-state index in [0.29, 0.717) is 6.04 Å². The molecule has 0 amide bonds. The number of pyridine rings is 1. The molecule has 1 saturated heterocycles. The minimum absolute atomic E-state index is 0.380. The molecule has 1 aliphatic heterocycles. The van der Waals surface area contributed by atoms with Crippen molar-refractivity contribution in [2.75, 3.05) is 24.5 Å². The first-order valence-corrected chi connectivity index (χ1v) is 10.8. The summed E-state index contributed by atoms with van der Waals surface area (Å²) >= 11 is 7.66. The van der Waals surface area contributed by atoms with Crippen molar-refractivity contribution in [2.45, 2.75) is 12.5 Å². The third-order valence-corrected chi connectivity index (χ3v) is 6.51. The Hall–Kier alpha value is -2.54. The van der Waals surface area contributed by atoms with Gasteiger partial charge in [-0.15, -0.1) is 10.2 Å². The molecule has 2 aromatic heterocycles. The number of nitrogens with zero attached hydrogens (tertiary/aromatic N) is 4. The summed E-state index contributed by atoms with van der Waals surface area (Å²) in [4.78, 5) is 6.51. The maximum Gasteiger partial charge on any atom is 0.208 e. The van der Waals surface area contributed by atoms with E-state index in [1.165, 1.54) is 10.9 Å². The van der Waals surface area contributed by atoms with Crippen molar-refractivity contribution in [3.05, 3.63) is 71.5 Å². The van der Waals surface area contributed by atoms with Gasteiger partial charge >= 0.3 is 0 Å². The van der Waals surface area contributed by atoms with Crippen LogP contribution in [0.2, 0.25) is 5.02 Å². The van der Waals surface area contributed by atoms with Crippen LogP contribution >= 0.6 is 22.9 Å². The number of rotatable bonds is 4. The molecule has 1 N–H and O–H groups in total. The Morgan fingerprint density at radius 3 is 2.86 bits per heavy atom. The average molecular weight is 422 g/mol. The molecule has 3 heterocycles. The summed E-state index contributed by atoms with van der Waals surface area (Å²) in [7, 11) is 0. The first-order chi connectivity index (χ1) is 14.2. The standard InChI is InChI=1S/C22H20ClN5S/c23-19-5-1-15(2-6-19)11-20-14-28(10-9-25-20)22-27-26-21(29-22)17-3-4-18-13-24-8-7-16(18)12-17/h1-8,12-13,20,25H,9-11,14H2/t20-/m0/s1. The van der Waals surface area contributed by atoms with Gasteiger partial charge in [-0.3, -0.25) is 4.98 Å². The van der Waals surface area contributed by atoms with E-state index in [4.69, 9.17) is 11.6 Å². The summed E-state index contributed by atoms with van der Waals surface area (Å²) in [6.45, 7) is 2.80. The third-order valence-electron chi connectivity index (χ3n) is 5.22. The van der Waals surface area contributed by atoms with E-state index < -0.39 is 0 Å². The monoisotopic (exact) mass is 421 g/mol. The number of anilines is 1. The van der Waals surface area contributed by atoms with Gasteiger partial charge in [-0.05, 0) is 41.6 Å². The summed E-state index contributed by atoms with van der Waals surface area (Å²) in [5, 5.41) is 17.6. The van der Waals surface area contributed by atoms with Crippen LogP contribution in [0, 0.1) is 0 Å². The molecular formula is C22H20ClN5S. The lowest BCUT2D eigenvalue weighted by Gasteiger charge is -2.33. The zero-order valence-corrected chi connectivity index (χ0v) is 17.3. The van der Waals surface area contributed by atoms with Crippen LogP contribution in [-0.4, -0.2) is 40.9 Å². The second-order valence-corrected chi connectivity index (χ2v) is 8.65. The Kier molecular flexibility index (Phi) is 5.14. The minimum Gasteiger partial charge on any atom is -0.344 e. The molecule has 0 saturated carbocycles. The number of halogens is 1. The number of nitrogens with one attached hydrogen (secondary N) is 1. The SMILES string of the molecule is Clc1ccc(C[C@H]2CN(c3nnc(-c4ccc5cnccc5c4)s3)CCN2)cc1. The predicted octanol–water partition coefficient (Wildman–Crippen LogP) is 4.43. The van der Waals surface area contributed by atoms with Crippen LogP contribution in [0.15, 0.2) is 60.9 Å². The zero-order chi connectivity index (χ0) is 19.6. The largest absolute Gasteiger partial charge is 0.344 e. The molecule has 1 aliphatic rings. The molecule has 5 rings (SSSR count). The quantitative estimate of drug-likeness (QED) is 0.528. The maximum atomic E-state index is 6.00. The summed E-state index contributed by atoms with van der Waals surface area (Å²) in [5.74, 6) is 0. The fourth-order valence-electron chi connectivity index (χ4n) is 3.72. The van der Waals surface area contributed by atoms with Crippen molar-refractivity contribution in [1.29, 1.82) is 0 Å². The van der Waals surface area contributed by atoms with Gasteiger partial charge in [0, 0.05) is 54.0 Å². The van der Waals surface area contributed by atoms with Gasteiger partial charge in [0.2, 0.25) is 5.13 Å². The lowest BCUT2D eigenvalue weighted by atomic mass is 10.0. The highest BCUT2D eigenvalue weighted by atomic mass is 35.5. The molecule has 0 bridgehead atoms. The lowest BCUT2D eigenvalue weighted by Crippen LogP contribution is -2.51. The second kappa shape index (κ2) is 8.06. The van der Waals surface area contributed by atoms with Crippen molar-refractivity contribution < 1.29 is 0 Å². The molecule has 7 heteroatoms. The van der Waals surface area contributed by atoms with Crippen LogP contribution in [0.3, 0.4) is 0 Å². The van der Waals surface area contributed by atoms with E-state index in [2.05, 4.69) is 55.7 Å². The molecule has 5 nitrogen and oxygen atoms in total. The van der Waals surface area contributed by atoms with Gasteiger partial charge in [0.1, 0.15) is 5.01 Å².